The lowest BCUT2D eigenvalue weighted by Gasteiger charge is -2.33. The summed E-state index contributed by atoms with van der Waals surface area (Å²) in [6.07, 6.45) is 5.33. The van der Waals surface area contributed by atoms with Crippen LogP contribution in [0.3, 0.4) is 0 Å². The van der Waals surface area contributed by atoms with Crippen molar-refractivity contribution in [3.63, 3.8) is 0 Å². The largest absolute Gasteiger partial charge is 0.415 e. The predicted octanol–water partition coefficient (Wildman–Crippen LogP) is 3.20. The van der Waals surface area contributed by atoms with Crippen LogP contribution in [-0.2, 0) is 9.53 Å². The Morgan fingerprint density at radius 2 is 1.72 bits per heavy atom. The minimum atomic E-state index is -0.355. The molecule has 1 aromatic carbocycles. The first-order chi connectivity index (χ1) is 12.1. The van der Waals surface area contributed by atoms with Crippen molar-refractivity contribution in [2.45, 2.75) is 45.1 Å². The topological polar surface area (TPSA) is 59.1 Å². The van der Waals surface area contributed by atoms with Gasteiger partial charge in [-0.25, -0.2) is 4.79 Å². The van der Waals surface area contributed by atoms with Crippen LogP contribution in [0, 0.1) is 0 Å². The molecule has 6 nitrogen and oxygen atoms in total. The lowest BCUT2D eigenvalue weighted by Crippen LogP contribution is -2.42. The SMILES string of the molecule is CC(=O)N(c1ccc(OC(=O)N2CCOCC2)cc1)C1CCCCC1. The number of hydrogen-bond donors (Lipinski definition) is 0. The molecule has 2 amide bonds. The van der Waals surface area contributed by atoms with Crippen molar-refractivity contribution in [1.29, 1.82) is 0 Å². The zero-order valence-corrected chi connectivity index (χ0v) is 14.8. The number of carbonyl (C=O) groups is 2. The third-order valence-corrected chi connectivity index (χ3v) is 4.87. The Labute approximate surface area is 148 Å². The van der Waals surface area contributed by atoms with Crippen LogP contribution in [-0.4, -0.2) is 49.2 Å². The zero-order valence-electron chi connectivity index (χ0n) is 14.8. The molecule has 0 aromatic heterocycles. The number of carbonyl (C=O) groups excluding carboxylic acids is 2. The smallest absolute Gasteiger partial charge is 0.410 e. The maximum Gasteiger partial charge on any atom is 0.415 e. The second-order valence-corrected chi connectivity index (χ2v) is 6.64. The molecule has 1 aliphatic carbocycles. The van der Waals surface area contributed by atoms with Gasteiger partial charge in [0.15, 0.2) is 0 Å². The van der Waals surface area contributed by atoms with Gasteiger partial charge in [0.05, 0.1) is 13.2 Å². The molecule has 1 aromatic rings. The van der Waals surface area contributed by atoms with Gasteiger partial charge in [-0.15, -0.1) is 0 Å². The molecular weight excluding hydrogens is 320 g/mol. The fraction of sp³-hybridized carbons (Fsp3) is 0.579. The minimum Gasteiger partial charge on any atom is -0.410 e. The van der Waals surface area contributed by atoms with Gasteiger partial charge < -0.3 is 19.3 Å². The fourth-order valence-corrected chi connectivity index (χ4v) is 3.58. The van der Waals surface area contributed by atoms with Crippen LogP contribution in [0.15, 0.2) is 24.3 Å². The second-order valence-electron chi connectivity index (χ2n) is 6.64. The molecule has 1 saturated heterocycles. The number of morpholine rings is 1. The van der Waals surface area contributed by atoms with Crippen molar-refractivity contribution < 1.29 is 19.1 Å². The molecule has 0 N–H and O–H groups in total. The molecule has 25 heavy (non-hydrogen) atoms. The highest BCUT2D eigenvalue weighted by Gasteiger charge is 2.25. The van der Waals surface area contributed by atoms with E-state index in [1.807, 2.05) is 17.0 Å². The van der Waals surface area contributed by atoms with E-state index in [0.717, 1.165) is 18.5 Å². The average Bonchev–Trinajstić information content (AvgIpc) is 2.65. The Kier molecular flexibility index (Phi) is 5.91. The van der Waals surface area contributed by atoms with E-state index in [1.165, 1.54) is 19.3 Å². The van der Waals surface area contributed by atoms with Crippen LogP contribution < -0.4 is 9.64 Å². The molecule has 0 atom stereocenters. The highest BCUT2D eigenvalue weighted by Crippen LogP contribution is 2.29. The van der Waals surface area contributed by atoms with Crippen molar-refractivity contribution in [3.8, 4) is 5.75 Å². The molecule has 0 bridgehead atoms. The van der Waals surface area contributed by atoms with E-state index in [9.17, 15) is 9.59 Å². The summed E-state index contributed by atoms with van der Waals surface area (Å²) >= 11 is 0. The number of hydrogen-bond acceptors (Lipinski definition) is 4. The van der Waals surface area contributed by atoms with Crippen LogP contribution in [0.1, 0.15) is 39.0 Å². The lowest BCUT2D eigenvalue weighted by atomic mass is 9.93. The van der Waals surface area contributed by atoms with Gasteiger partial charge in [0.25, 0.3) is 0 Å². The van der Waals surface area contributed by atoms with E-state index >= 15 is 0 Å². The van der Waals surface area contributed by atoms with Gasteiger partial charge in [0, 0.05) is 31.7 Å². The molecular formula is C19H26N2O4. The fourth-order valence-electron chi connectivity index (χ4n) is 3.58. The summed E-state index contributed by atoms with van der Waals surface area (Å²) in [7, 11) is 0. The quantitative estimate of drug-likeness (QED) is 0.843. The summed E-state index contributed by atoms with van der Waals surface area (Å²) in [5.41, 5.74) is 0.866. The summed E-state index contributed by atoms with van der Waals surface area (Å²) < 4.78 is 10.7. The van der Waals surface area contributed by atoms with Gasteiger partial charge >= 0.3 is 6.09 Å². The van der Waals surface area contributed by atoms with E-state index in [4.69, 9.17) is 9.47 Å². The molecule has 0 unspecified atom stereocenters. The summed E-state index contributed by atoms with van der Waals surface area (Å²) in [5, 5.41) is 0. The van der Waals surface area contributed by atoms with Crippen LogP contribution in [0.5, 0.6) is 5.75 Å². The summed E-state index contributed by atoms with van der Waals surface area (Å²) in [6.45, 7) is 3.81. The number of benzene rings is 1. The second kappa shape index (κ2) is 8.34. The number of ether oxygens (including phenoxy) is 2. The molecule has 0 radical (unpaired) electrons. The summed E-state index contributed by atoms with van der Waals surface area (Å²) in [5.74, 6) is 0.553. The zero-order chi connectivity index (χ0) is 17.6. The third kappa shape index (κ3) is 4.51. The van der Waals surface area contributed by atoms with Gasteiger partial charge in [-0.2, -0.15) is 0 Å². The van der Waals surface area contributed by atoms with Gasteiger partial charge in [-0.3, -0.25) is 4.79 Å². The molecule has 0 spiro atoms. The Bertz CT molecular complexity index is 590. The molecule has 136 valence electrons. The maximum absolute atomic E-state index is 12.1. The predicted molar refractivity (Wildman–Crippen MR) is 94.9 cm³/mol. The van der Waals surface area contributed by atoms with Gasteiger partial charge in [-0.05, 0) is 37.1 Å². The maximum atomic E-state index is 12.1. The van der Waals surface area contributed by atoms with Crippen molar-refractivity contribution in [1.82, 2.24) is 4.90 Å². The Hall–Kier alpha value is -2.08. The average molecular weight is 346 g/mol. The Morgan fingerprint density at radius 1 is 1.08 bits per heavy atom. The minimum absolute atomic E-state index is 0.0601. The van der Waals surface area contributed by atoms with Crippen LogP contribution in [0.2, 0.25) is 0 Å². The number of anilines is 1. The van der Waals surface area contributed by atoms with E-state index in [0.29, 0.717) is 32.1 Å². The summed E-state index contributed by atoms with van der Waals surface area (Å²) in [6, 6.07) is 7.50. The summed E-state index contributed by atoms with van der Waals surface area (Å²) in [4.78, 5) is 27.8. The highest BCUT2D eigenvalue weighted by molar-refractivity contribution is 5.92. The Balaban J connectivity index is 1.65. The monoisotopic (exact) mass is 346 g/mol. The van der Waals surface area contributed by atoms with Crippen LogP contribution >= 0.6 is 0 Å². The van der Waals surface area contributed by atoms with Crippen molar-refractivity contribution in [2.75, 3.05) is 31.2 Å². The molecule has 6 heteroatoms. The molecule has 3 rings (SSSR count). The Morgan fingerprint density at radius 3 is 2.32 bits per heavy atom. The normalized spacial score (nSPS) is 18.7. The van der Waals surface area contributed by atoms with Gasteiger partial charge in [-0.1, -0.05) is 19.3 Å². The number of rotatable bonds is 3. The van der Waals surface area contributed by atoms with Gasteiger partial charge in [0.1, 0.15) is 5.75 Å². The molecule has 2 fully saturated rings. The first kappa shape index (κ1) is 17.7. The first-order valence-electron chi connectivity index (χ1n) is 9.09. The van der Waals surface area contributed by atoms with Crippen molar-refractivity contribution >= 4 is 17.7 Å². The van der Waals surface area contributed by atoms with Crippen molar-refractivity contribution in [3.05, 3.63) is 24.3 Å². The standard InChI is InChI=1S/C19H26N2O4/c1-15(22)21(16-5-3-2-4-6-16)17-7-9-18(10-8-17)25-19(23)20-11-13-24-14-12-20/h7-10,16H,2-6,11-14H2,1H3. The lowest BCUT2D eigenvalue weighted by molar-refractivity contribution is -0.117. The van der Waals surface area contributed by atoms with E-state index in [2.05, 4.69) is 0 Å². The first-order valence-corrected chi connectivity index (χ1v) is 9.09. The highest BCUT2D eigenvalue weighted by atomic mass is 16.6. The van der Waals surface area contributed by atoms with Crippen LogP contribution in [0.25, 0.3) is 0 Å². The molecule has 1 aliphatic heterocycles. The third-order valence-electron chi connectivity index (χ3n) is 4.87. The number of amides is 2. The molecule has 1 heterocycles. The number of nitrogens with zero attached hydrogens (tertiary/aromatic N) is 2. The van der Waals surface area contributed by atoms with Crippen LogP contribution in [0.4, 0.5) is 10.5 Å². The van der Waals surface area contributed by atoms with Gasteiger partial charge in [0.2, 0.25) is 5.91 Å². The molecule has 2 aliphatic rings. The van der Waals surface area contributed by atoms with E-state index in [1.54, 1.807) is 24.0 Å². The van der Waals surface area contributed by atoms with Crippen molar-refractivity contribution in [2.24, 2.45) is 0 Å². The van der Waals surface area contributed by atoms with E-state index in [-0.39, 0.29) is 18.0 Å². The molecule has 1 saturated carbocycles. The van der Waals surface area contributed by atoms with E-state index < -0.39 is 0 Å².